The minimum Gasteiger partial charge on any atom is -0.467 e. The van der Waals surface area contributed by atoms with Crippen molar-refractivity contribution in [2.24, 2.45) is 0 Å². The molecule has 1 aliphatic rings. The molecule has 0 bridgehead atoms. The number of hydrogen-bond acceptors (Lipinski definition) is 6. The lowest BCUT2D eigenvalue weighted by atomic mass is 10.1. The number of thioether (sulfide) groups is 1. The molecule has 33 heavy (non-hydrogen) atoms. The van der Waals surface area contributed by atoms with Gasteiger partial charge in [-0.3, -0.25) is 14.2 Å². The van der Waals surface area contributed by atoms with Crippen molar-refractivity contribution in [2.75, 3.05) is 17.2 Å². The number of rotatable bonds is 8. The molecule has 166 valence electrons. The van der Waals surface area contributed by atoms with E-state index in [0.717, 1.165) is 46.8 Å². The SMILES string of the molecule is Cc1ccccc1-c1nnc(SCC(=O)c2ccc3c(c2)CCN3C=O)n1Cc1ccco1. The number of carbonyl (C=O) groups excluding carboxylic acids is 2. The first-order valence-electron chi connectivity index (χ1n) is 10.7. The predicted molar refractivity (Wildman–Crippen MR) is 127 cm³/mol. The van der Waals surface area contributed by atoms with E-state index >= 15 is 0 Å². The Morgan fingerprint density at radius 3 is 2.82 bits per heavy atom. The average molecular weight is 459 g/mol. The molecular weight excluding hydrogens is 436 g/mol. The summed E-state index contributed by atoms with van der Waals surface area (Å²) in [6.45, 7) is 3.17. The fourth-order valence-electron chi connectivity index (χ4n) is 4.04. The molecule has 5 rings (SSSR count). The van der Waals surface area contributed by atoms with Crippen LogP contribution in [0.25, 0.3) is 11.4 Å². The fraction of sp³-hybridized carbons (Fsp3) is 0.200. The molecule has 2 aromatic heterocycles. The Bertz CT molecular complexity index is 1310. The first-order valence-corrected chi connectivity index (χ1v) is 11.6. The molecule has 0 saturated carbocycles. The van der Waals surface area contributed by atoms with Crippen LogP contribution in [-0.4, -0.2) is 39.3 Å². The van der Waals surface area contributed by atoms with Gasteiger partial charge < -0.3 is 9.32 Å². The summed E-state index contributed by atoms with van der Waals surface area (Å²) in [6, 6.07) is 17.3. The van der Waals surface area contributed by atoms with Crippen LogP contribution in [0, 0.1) is 6.92 Å². The molecule has 1 aliphatic heterocycles. The molecule has 3 heterocycles. The van der Waals surface area contributed by atoms with Crippen LogP contribution in [-0.2, 0) is 17.8 Å². The smallest absolute Gasteiger partial charge is 0.214 e. The summed E-state index contributed by atoms with van der Waals surface area (Å²) < 4.78 is 7.55. The Hall–Kier alpha value is -3.65. The zero-order chi connectivity index (χ0) is 22.8. The molecule has 0 fully saturated rings. The van der Waals surface area contributed by atoms with E-state index in [1.54, 1.807) is 17.2 Å². The highest BCUT2D eigenvalue weighted by molar-refractivity contribution is 7.99. The van der Waals surface area contributed by atoms with Crippen LogP contribution < -0.4 is 4.90 Å². The van der Waals surface area contributed by atoms with Crippen molar-refractivity contribution >= 4 is 29.6 Å². The van der Waals surface area contributed by atoms with Gasteiger partial charge in [0.25, 0.3) is 0 Å². The van der Waals surface area contributed by atoms with Gasteiger partial charge in [-0.25, -0.2) is 0 Å². The van der Waals surface area contributed by atoms with Crippen molar-refractivity contribution in [3.8, 4) is 11.4 Å². The minimum absolute atomic E-state index is 0.0114. The van der Waals surface area contributed by atoms with E-state index in [1.807, 2.05) is 60.0 Å². The first kappa shape index (κ1) is 21.2. The summed E-state index contributed by atoms with van der Waals surface area (Å²) in [5.74, 6) is 1.78. The molecule has 1 amide bonds. The number of anilines is 1. The van der Waals surface area contributed by atoms with Crippen molar-refractivity contribution in [2.45, 2.75) is 25.0 Å². The summed E-state index contributed by atoms with van der Waals surface area (Å²) in [6.07, 6.45) is 3.24. The number of ketones is 1. The van der Waals surface area contributed by atoms with Crippen molar-refractivity contribution in [1.82, 2.24) is 14.8 Å². The fourth-order valence-corrected chi connectivity index (χ4v) is 4.88. The van der Waals surface area contributed by atoms with Gasteiger partial charge in [0.1, 0.15) is 5.76 Å². The monoisotopic (exact) mass is 458 g/mol. The molecule has 0 aliphatic carbocycles. The second-order valence-electron chi connectivity index (χ2n) is 7.89. The van der Waals surface area contributed by atoms with Gasteiger partial charge in [0, 0.05) is 23.4 Å². The van der Waals surface area contributed by atoms with Crippen molar-refractivity contribution in [1.29, 1.82) is 0 Å². The first-order chi connectivity index (χ1) is 16.1. The van der Waals surface area contributed by atoms with Gasteiger partial charge in [0.15, 0.2) is 16.8 Å². The summed E-state index contributed by atoms with van der Waals surface area (Å²) in [5.41, 5.74) is 4.65. The van der Waals surface area contributed by atoms with Crippen molar-refractivity contribution in [3.05, 3.63) is 83.3 Å². The van der Waals surface area contributed by atoms with Crippen molar-refractivity contribution < 1.29 is 14.0 Å². The van der Waals surface area contributed by atoms with Gasteiger partial charge in [-0.05, 0) is 54.8 Å². The summed E-state index contributed by atoms with van der Waals surface area (Å²) in [4.78, 5) is 25.8. The third kappa shape index (κ3) is 4.21. The number of fused-ring (bicyclic) bond motifs is 1. The Morgan fingerprint density at radius 1 is 1.15 bits per heavy atom. The maximum atomic E-state index is 12.9. The summed E-state index contributed by atoms with van der Waals surface area (Å²) in [7, 11) is 0. The molecule has 7 nitrogen and oxygen atoms in total. The van der Waals surface area contributed by atoms with Gasteiger partial charge in [0.2, 0.25) is 6.41 Å². The molecule has 8 heteroatoms. The van der Waals surface area contributed by atoms with Crippen LogP contribution in [0.4, 0.5) is 5.69 Å². The molecule has 0 saturated heterocycles. The number of carbonyl (C=O) groups is 2. The molecular formula is C25H22N4O3S. The zero-order valence-electron chi connectivity index (χ0n) is 18.1. The molecule has 0 radical (unpaired) electrons. The third-order valence-electron chi connectivity index (χ3n) is 5.79. The molecule has 2 aromatic carbocycles. The van der Waals surface area contributed by atoms with Crippen LogP contribution in [0.15, 0.2) is 70.4 Å². The average Bonchev–Trinajstić information content (AvgIpc) is 3.58. The van der Waals surface area contributed by atoms with Crippen LogP contribution in [0.3, 0.4) is 0 Å². The number of aryl methyl sites for hydroxylation is 1. The van der Waals surface area contributed by atoms with Gasteiger partial charge in [-0.2, -0.15) is 0 Å². The highest BCUT2D eigenvalue weighted by Gasteiger charge is 2.21. The Kier molecular flexibility index (Phi) is 5.83. The van der Waals surface area contributed by atoms with Crippen molar-refractivity contribution in [3.63, 3.8) is 0 Å². The van der Waals surface area contributed by atoms with Gasteiger partial charge in [0.05, 0.1) is 18.6 Å². The lowest BCUT2D eigenvalue weighted by Gasteiger charge is -2.11. The van der Waals surface area contributed by atoms with Gasteiger partial charge in [-0.1, -0.05) is 36.0 Å². The van der Waals surface area contributed by atoms with Crippen LogP contribution in [0.5, 0.6) is 0 Å². The number of hydrogen-bond donors (Lipinski definition) is 0. The largest absolute Gasteiger partial charge is 0.467 e. The topological polar surface area (TPSA) is 81.2 Å². The lowest BCUT2D eigenvalue weighted by molar-refractivity contribution is -0.107. The summed E-state index contributed by atoms with van der Waals surface area (Å²) in [5, 5.41) is 9.50. The number of furan rings is 1. The second-order valence-corrected chi connectivity index (χ2v) is 8.83. The number of amides is 1. The van der Waals surface area contributed by atoms with Crippen LogP contribution in [0.1, 0.15) is 27.2 Å². The zero-order valence-corrected chi connectivity index (χ0v) is 18.9. The van der Waals surface area contributed by atoms with Crippen LogP contribution >= 0.6 is 11.8 Å². The third-order valence-corrected chi connectivity index (χ3v) is 6.76. The maximum Gasteiger partial charge on any atom is 0.214 e. The Labute approximate surface area is 195 Å². The quantitative estimate of drug-likeness (QED) is 0.221. The second kappa shape index (κ2) is 9.07. The lowest BCUT2D eigenvalue weighted by Crippen LogP contribution is -2.17. The van der Waals surface area contributed by atoms with E-state index in [4.69, 9.17) is 4.42 Å². The van der Waals surface area contributed by atoms with E-state index in [9.17, 15) is 9.59 Å². The minimum atomic E-state index is 0.0114. The van der Waals surface area contributed by atoms with Gasteiger partial charge in [-0.15, -0.1) is 10.2 Å². The Balaban J connectivity index is 1.39. The standard InChI is InChI=1S/C25H22N4O3S/c1-17-5-2-3-7-21(17)24-26-27-25(29(24)14-20-6-4-12-32-20)33-15-23(31)19-8-9-22-18(13-19)10-11-28(22)16-30/h2-9,12-13,16H,10-11,14-15H2,1H3. The number of aromatic nitrogens is 3. The summed E-state index contributed by atoms with van der Waals surface area (Å²) >= 11 is 1.36. The molecule has 0 atom stereocenters. The molecule has 0 N–H and O–H groups in total. The number of nitrogens with zero attached hydrogens (tertiary/aromatic N) is 4. The highest BCUT2D eigenvalue weighted by atomic mass is 32.2. The normalized spacial score (nSPS) is 12.7. The van der Waals surface area contributed by atoms with E-state index in [2.05, 4.69) is 10.2 Å². The molecule has 4 aromatic rings. The molecule has 0 spiro atoms. The maximum absolute atomic E-state index is 12.9. The van der Waals surface area contributed by atoms with Crippen LogP contribution in [0.2, 0.25) is 0 Å². The van der Waals surface area contributed by atoms with Gasteiger partial charge >= 0.3 is 0 Å². The van der Waals surface area contributed by atoms with E-state index < -0.39 is 0 Å². The number of Topliss-reactive ketones (excluding diaryl/α,β-unsaturated/α-hetero) is 1. The highest BCUT2D eigenvalue weighted by Crippen LogP contribution is 2.30. The van der Waals surface area contributed by atoms with E-state index in [-0.39, 0.29) is 11.5 Å². The van der Waals surface area contributed by atoms with E-state index in [1.165, 1.54) is 11.8 Å². The Morgan fingerprint density at radius 2 is 2.03 bits per heavy atom. The van der Waals surface area contributed by atoms with E-state index in [0.29, 0.717) is 23.8 Å². The number of benzene rings is 2. The molecule has 0 unspecified atom stereocenters. The predicted octanol–water partition coefficient (Wildman–Crippen LogP) is 4.39.